The molecular formula is C30H39N3O7. The fraction of sp³-hybridized carbons (Fsp3) is 0.667. The molecule has 7 rings (SSSR count). The van der Waals surface area contributed by atoms with Crippen LogP contribution in [0.4, 0.5) is 4.79 Å². The molecule has 1 aromatic rings. The van der Waals surface area contributed by atoms with E-state index in [0.29, 0.717) is 37.5 Å². The van der Waals surface area contributed by atoms with Gasteiger partial charge in [-0.2, -0.15) is 0 Å². The number of piperidine rings is 1. The molecule has 3 fully saturated rings. The van der Waals surface area contributed by atoms with Crippen molar-refractivity contribution in [3.63, 3.8) is 0 Å². The molecule has 10 heteroatoms. The Hall–Kier alpha value is -2.98. The molecule has 1 spiro atoms. The molecule has 1 saturated carbocycles. The number of phenols is 1. The Morgan fingerprint density at radius 1 is 1.18 bits per heavy atom. The lowest BCUT2D eigenvalue weighted by atomic mass is 9.49. The minimum absolute atomic E-state index is 0.0125. The first-order valence-electron chi connectivity index (χ1n) is 14.6. The van der Waals surface area contributed by atoms with Gasteiger partial charge in [0.2, 0.25) is 0 Å². The van der Waals surface area contributed by atoms with Crippen molar-refractivity contribution in [2.75, 3.05) is 26.2 Å². The Balaban J connectivity index is 1.21. The summed E-state index contributed by atoms with van der Waals surface area (Å²) in [5.74, 6) is 0.433. The zero-order valence-corrected chi connectivity index (χ0v) is 23.4. The van der Waals surface area contributed by atoms with E-state index in [1.165, 1.54) is 12.8 Å². The summed E-state index contributed by atoms with van der Waals surface area (Å²) in [5, 5.41) is 38.0. The van der Waals surface area contributed by atoms with Crippen molar-refractivity contribution >= 4 is 12.0 Å². The fourth-order valence-corrected chi connectivity index (χ4v) is 8.08. The maximum Gasteiger partial charge on any atom is 0.407 e. The Labute approximate surface area is 233 Å². The number of rotatable bonds is 4. The van der Waals surface area contributed by atoms with Gasteiger partial charge in [-0.25, -0.2) is 4.79 Å². The maximum absolute atomic E-state index is 13.9. The Bertz CT molecular complexity index is 1320. The second-order valence-corrected chi connectivity index (χ2v) is 13.7. The summed E-state index contributed by atoms with van der Waals surface area (Å²) in [7, 11) is 0. The molecule has 5 atom stereocenters. The molecule has 0 aromatic heterocycles. The number of hydrogen-bond acceptors (Lipinski definition) is 8. The van der Waals surface area contributed by atoms with E-state index < -0.39 is 28.8 Å². The number of carbonyl (C=O) groups excluding carboxylic acids is 2. The van der Waals surface area contributed by atoms with Gasteiger partial charge >= 0.3 is 6.09 Å². The van der Waals surface area contributed by atoms with Gasteiger partial charge in [-0.1, -0.05) is 6.07 Å². The van der Waals surface area contributed by atoms with Crippen molar-refractivity contribution in [2.24, 2.45) is 5.92 Å². The second-order valence-electron chi connectivity index (χ2n) is 13.7. The van der Waals surface area contributed by atoms with Crippen LogP contribution in [0.3, 0.4) is 0 Å². The van der Waals surface area contributed by atoms with Gasteiger partial charge in [-0.15, -0.1) is 0 Å². The number of aliphatic hydroxyl groups excluding tert-OH is 1. The molecule has 3 heterocycles. The van der Waals surface area contributed by atoms with Crippen LogP contribution in [0.25, 0.3) is 0 Å². The van der Waals surface area contributed by atoms with E-state index in [2.05, 4.69) is 10.2 Å². The largest absolute Gasteiger partial charge is 0.508 e. The number of amides is 2. The number of carbonyl (C=O) groups is 2. The first-order chi connectivity index (χ1) is 18.9. The summed E-state index contributed by atoms with van der Waals surface area (Å²) in [6, 6.07) is 3.04. The minimum atomic E-state index is -1.35. The van der Waals surface area contributed by atoms with Gasteiger partial charge in [0.1, 0.15) is 11.4 Å². The number of nitrogens with zero attached hydrogens (tertiary/aromatic N) is 2. The smallest absolute Gasteiger partial charge is 0.407 e. The van der Waals surface area contributed by atoms with E-state index in [-0.39, 0.29) is 48.0 Å². The van der Waals surface area contributed by atoms with Crippen LogP contribution in [0, 0.1) is 5.92 Å². The van der Waals surface area contributed by atoms with Gasteiger partial charge in [0, 0.05) is 37.7 Å². The van der Waals surface area contributed by atoms with Crippen LogP contribution in [0.2, 0.25) is 0 Å². The van der Waals surface area contributed by atoms with Gasteiger partial charge in [0.25, 0.3) is 5.91 Å². The van der Waals surface area contributed by atoms with E-state index in [0.717, 1.165) is 24.2 Å². The third-order valence-corrected chi connectivity index (χ3v) is 9.97. The van der Waals surface area contributed by atoms with Gasteiger partial charge in [0.15, 0.2) is 17.6 Å². The van der Waals surface area contributed by atoms with Gasteiger partial charge in [0.05, 0.1) is 22.6 Å². The van der Waals surface area contributed by atoms with Crippen molar-refractivity contribution < 1.29 is 34.4 Å². The number of phenolic OH excluding ortho intramolecular Hbond substituents is 1. The summed E-state index contributed by atoms with van der Waals surface area (Å²) in [4.78, 5) is 30.2. The van der Waals surface area contributed by atoms with Crippen LogP contribution in [0.5, 0.6) is 11.5 Å². The molecule has 40 heavy (non-hydrogen) atoms. The molecule has 4 N–H and O–H groups in total. The molecule has 0 radical (unpaired) electrons. The third kappa shape index (κ3) is 3.67. The minimum Gasteiger partial charge on any atom is -0.508 e. The van der Waals surface area contributed by atoms with Gasteiger partial charge in [-0.3, -0.25) is 9.69 Å². The maximum atomic E-state index is 13.9. The highest BCUT2D eigenvalue weighted by molar-refractivity contribution is 5.95. The number of aliphatic hydroxyl groups is 2. The molecule has 216 valence electrons. The van der Waals surface area contributed by atoms with Crippen LogP contribution >= 0.6 is 0 Å². The third-order valence-electron chi connectivity index (χ3n) is 9.97. The Morgan fingerprint density at radius 2 is 1.95 bits per heavy atom. The average molecular weight is 554 g/mol. The lowest BCUT2D eigenvalue weighted by Crippen LogP contribution is -2.75. The quantitative estimate of drug-likeness (QED) is 0.447. The summed E-state index contributed by atoms with van der Waals surface area (Å²) in [5.41, 5.74) is -0.913. The number of ether oxygens (including phenoxy) is 2. The number of benzene rings is 1. The van der Waals surface area contributed by atoms with Crippen LogP contribution in [0.15, 0.2) is 23.5 Å². The molecular weight excluding hydrogens is 514 g/mol. The Kier molecular flexibility index (Phi) is 5.53. The normalized spacial score (nSPS) is 34.4. The zero-order chi connectivity index (χ0) is 28.2. The summed E-state index contributed by atoms with van der Waals surface area (Å²) in [6.45, 7) is 7.76. The topological polar surface area (TPSA) is 132 Å². The van der Waals surface area contributed by atoms with Crippen molar-refractivity contribution in [2.45, 2.75) is 94.1 Å². The number of hydrogen-bond donors (Lipinski definition) is 4. The molecule has 2 amide bonds. The van der Waals surface area contributed by atoms with Crippen LogP contribution in [-0.2, 0) is 21.4 Å². The van der Waals surface area contributed by atoms with Crippen molar-refractivity contribution in [3.05, 3.63) is 34.6 Å². The van der Waals surface area contributed by atoms with E-state index in [4.69, 9.17) is 9.47 Å². The van der Waals surface area contributed by atoms with Gasteiger partial charge in [-0.05, 0) is 77.0 Å². The second kappa shape index (κ2) is 8.52. The monoisotopic (exact) mass is 553 g/mol. The first-order valence-corrected chi connectivity index (χ1v) is 14.6. The van der Waals surface area contributed by atoms with Crippen molar-refractivity contribution in [1.82, 2.24) is 15.1 Å². The van der Waals surface area contributed by atoms with E-state index in [1.807, 2.05) is 6.07 Å². The summed E-state index contributed by atoms with van der Waals surface area (Å²) in [6.07, 6.45) is 2.66. The van der Waals surface area contributed by atoms with Gasteiger partial charge < -0.3 is 35.0 Å². The molecule has 2 bridgehead atoms. The molecule has 10 nitrogen and oxygen atoms in total. The van der Waals surface area contributed by atoms with Crippen molar-refractivity contribution in [1.29, 1.82) is 0 Å². The van der Waals surface area contributed by atoms with E-state index in [9.17, 15) is 24.9 Å². The fourth-order valence-electron chi connectivity index (χ4n) is 8.08. The highest BCUT2D eigenvalue weighted by Gasteiger charge is 2.73. The SMILES string of the molecule is CC(C)(C)OC(=O)N[C@@H]1CCN(C(=O)C2=C(O)[C@@H]3Oc4c(O)ccc5c4[C@@]34CCN(CC3CC3)[C@H](C5)[C@]4(O)C2)C1. The summed E-state index contributed by atoms with van der Waals surface area (Å²) >= 11 is 0. The highest BCUT2D eigenvalue weighted by atomic mass is 16.6. The van der Waals surface area contributed by atoms with Crippen LogP contribution < -0.4 is 10.1 Å². The van der Waals surface area contributed by atoms with Crippen LogP contribution in [0.1, 0.15) is 64.0 Å². The molecule has 0 unspecified atom stereocenters. The first kappa shape index (κ1) is 26.0. The summed E-state index contributed by atoms with van der Waals surface area (Å²) < 4.78 is 11.7. The number of likely N-dealkylation sites (tertiary alicyclic amines) is 2. The number of nitrogens with one attached hydrogen (secondary N) is 1. The zero-order valence-electron chi connectivity index (χ0n) is 23.4. The predicted molar refractivity (Wildman–Crippen MR) is 144 cm³/mol. The predicted octanol–water partition coefficient (Wildman–Crippen LogP) is 2.50. The van der Waals surface area contributed by atoms with Crippen LogP contribution in [-0.4, -0.2) is 92.7 Å². The lowest BCUT2D eigenvalue weighted by Gasteiger charge is -2.62. The molecule has 6 aliphatic rings. The Morgan fingerprint density at radius 3 is 2.67 bits per heavy atom. The lowest BCUT2D eigenvalue weighted by molar-refractivity contribution is -0.173. The van der Waals surface area contributed by atoms with E-state index in [1.54, 1.807) is 31.7 Å². The molecule has 3 aliphatic carbocycles. The van der Waals surface area contributed by atoms with E-state index >= 15 is 0 Å². The molecule has 3 aliphatic heterocycles. The number of aromatic hydroxyl groups is 1. The standard InChI is InChI=1S/C30H39N3O7/c1-28(2,3)40-27(37)31-18-8-10-33(15-18)26(36)19-13-30(38)21-12-17-6-7-20(34)24-22(17)29(30,25(39-24)23(19)35)9-11-32(21)14-16-4-5-16/h6-7,16,18,21,25,34-35,38H,4-5,8-15H2,1-3H3,(H,31,37)/t18-,21-,25+,29+,30-/m1/s1. The van der Waals surface area contributed by atoms with Crippen molar-refractivity contribution in [3.8, 4) is 11.5 Å². The number of alkyl carbamates (subject to hydrolysis) is 1. The average Bonchev–Trinajstić information content (AvgIpc) is 3.44. The highest BCUT2D eigenvalue weighted by Crippen LogP contribution is 2.66. The molecule has 2 saturated heterocycles. The molecule has 1 aromatic carbocycles.